The minimum absolute atomic E-state index is 0.185. The monoisotopic (exact) mass is 241 g/mol. The molecule has 0 aromatic rings. The number of alkyl halides is 3. The van der Waals surface area contributed by atoms with Crippen molar-refractivity contribution in [2.24, 2.45) is 5.41 Å². The van der Waals surface area contributed by atoms with E-state index in [1.54, 1.807) is 0 Å². The molecule has 0 aliphatic carbocycles. The number of rotatable bonds is 4. The smallest absolute Gasteiger partial charge is 0.406 e. The summed E-state index contributed by atoms with van der Waals surface area (Å²) in [5.74, 6) is -2.49. The van der Waals surface area contributed by atoms with Crippen LogP contribution in [0.2, 0.25) is 0 Å². The lowest BCUT2D eigenvalue weighted by Crippen LogP contribution is -2.48. The molecule has 4 nitrogen and oxygen atoms in total. The molecule has 1 N–H and O–H groups in total. The predicted molar refractivity (Wildman–Crippen MR) is 49.7 cm³/mol. The van der Waals surface area contributed by atoms with Gasteiger partial charge in [0.15, 0.2) is 0 Å². The largest absolute Gasteiger partial charge is 0.480 e. The standard InChI is InChI=1S/C9H14F3NO3/c1-4-13(5-9(10,11)12)6(14)8(2,3)7(15)16/h4-5H2,1-3H3,(H,15,16). The molecule has 16 heavy (non-hydrogen) atoms. The second kappa shape index (κ2) is 4.71. The van der Waals surface area contributed by atoms with Gasteiger partial charge in [-0.25, -0.2) is 0 Å². The molecule has 0 rings (SSSR count). The Morgan fingerprint density at radius 2 is 1.69 bits per heavy atom. The summed E-state index contributed by atoms with van der Waals surface area (Å²) in [7, 11) is 0. The SMILES string of the molecule is CCN(CC(F)(F)F)C(=O)C(C)(C)C(=O)O. The minimum Gasteiger partial charge on any atom is -0.480 e. The maximum Gasteiger partial charge on any atom is 0.406 e. The number of amides is 1. The molecular weight excluding hydrogens is 227 g/mol. The summed E-state index contributed by atoms with van der Waals surface area (Å²) in [4.78, 5) is 22.8. The van der Waals surface area contributed by atoms with Crippen LogP contribution in [0.15, 0.2) is 0 Å². The Morgan fingerprint density at radius 1 is 1.25 bits per heavy atom. The maximum absolute atomic E-state index is 12.1. The zero-order chi connectivity index (χ0) is 13.1. The van der Waals surface area contributed by atoms with E-state index in [9.17, 15) is 22.8 Å². The van der Waals surface area contributed by atoms with E-state index in [1.807, 2.05) is 0 Å². The van der Waals surface area contributed by atoms with Crippen molar-refractivity contribution in [3.8, 4) is 0 Å². The number of nitrogens with zero attached hydrogens (tertiary/aromatic N) is 1. The topological polar surface area (TPSA) is 57.6 Å². The molecule has 0 atom stereocenters. The van der Waals surface area contributed by atoms with E-state index >= 15 is 0 Å². The van der Waals surface area contributed by atoms with Crippen LogP contribution in [-0.2, 0) is 9.59 Å². The van der Waals surface area contributed by atoms with Crippen LogP contribution >= 0.6 is 0 Å². The molecule has 0 aromatic carbocycles. The highest BCUT2D eigenvalue weighted by Crippen LogP contribution is 2.23. The molecule has 0 aliphatic heterocycles. The molecule has 0 fully saturated rings. The fourth-order valence-corrected chi connectivity index (χ4v) is 1.03. The summed E-state index contributed by atoms with van der Waals surface area (Å²) in [5.41, 5.74) is -1.85. The number of hydrogen-bond acceptors (Lipinski definition) is 2. The molecule has 7 heteroatoms. The molecule has 1 amide bonds. The Labute approximate surface area is 91.0 Å². The molecule has 0 spiro atoms. The number of hydrogen-bond donors (Lipinski definition) is 1. The second-order valence-corrected chi connectivity index (χ2v) is 3.86. The average Bonchev–Trinajstić information content (AvgIpc) is 2.11. The van der Waals surface area contributed by atoms with Crippen molar-refractivity contribution < 1.29 is 27.9 Å². The van der Waals surface area contributed by atoms with Gasteiger partial charge in [0.2, 0.25) is 5.91 Å². The van der Waals surface area contributed by atoms with Crippen LogP contribution in [0.3, 0.4) is 0 Å². The molecule has 0 radical (unpaired) electrons. The van der Waals surface area contributed by atoms with Crippen molar-refractivity contribution >= 4 is 11.9 Å². The summed E-state index contributed by atoms with van der Waals surface area (Å²) in [6, 6.07) is 0. The molecule has 0 heterocycles. The fraction of sp³-hybridized carbons (Fsp3) is 0.778. The normalized spacial score (nSPS) is 12.4. The predicted octanol–water partition coefficient (Wildman–Crippen LogP) is 1.51. The molecule has 0 bridgehead atoms. The van der Waals surface area contributed by atoms with Gasteiger partial charge in [0, 0.05) is 6.54 Å². The number of carbonyl (C=O) groups is 2. The Kier molecular flexibility index (Phi) is 4.34. The first kappa shape index (κ1) is 14.7. The summed E-state index contributed by atoms with van der Waals surface area (Å²) in [6.07, 6.45) is -4.53. The van der Waals surface area contributed by atoms with Gasteiger partial charge in [-0.3, -0.25) is 9.59 Å². The number of halogens is 3. The molecule has 0 saturated heterocycles. The fourth-order valence-electron chi connectivity index (χ4n) is 1.03. The molecule has 0 saturated carbocycles. The zero-order valence-electron chi connectivity index (χ0n) is 9.26. The van der Waals surface area contributed by atoms with Crippen LogP contribution in [0.25, 0.3) is 0 Å². The Hall–Kier alpha value is -1.27. The van der Waals surface area contributed by atoms with E-state index in [4.69, 9.17) is 5.11 Å². The van der Waals surface area contributed by atoms with Crippen LogP contribution < -0.4 is 0 Å². The lowest BCUT2D eigenvalue weighted by Gasteiger charge is -2.28. The van der Waals surface area contributed by atoms with Gasteiger partial charge >= 0.3 is 12.1 Å². The van der Waals surface area contributed by atoms with Gasteiger partial charge < -0.3 is 10.0 Å². The highest BCUT2D eigenvalue weighted by atomic mass is 19.4. The van der Waals surface area contributed by atoms with Gasteiger partial charge in [-0.05, 0) is 20.8 Å². The summed E-state index contributed by atoms with van der Waals surface area (Å²) in [5, 5.41) is 8.73. The Morgan fingerprint density at radius 3 is 1.94 bits per heavy atom. The number of carbonyl (C=O) groups excluding carboxylic acids is 1. The molecule has 0 unspecified atom stereocenters. The van der Waals surface area contributed by atoms with Crippen LogP contribution in [0.5, 0.6) is 0 Å². The number of carboxylic acid groups (broad SMARTS) is 1. The van der Waals surface area contributed by atoms with Crippen molar-refractivity contribution in [3.63, 3.8) is 0 Å². The average molecular weight is 241 g/mol. The van der Waals surface area contributed by atoms with E-state index in [-0.39, 0.29) is 6.54 Å². The van der Waals surface area contributed by atoms with Crippen molar-refractivity contribution in [2.75, 3.05) is 13.1 Å². The van der Waals surface area contributed by atoms with E-state index in [1.165, 1.54) is 6.92 Å². The summed E-state index contributed by atoms with van der Waals surface area (Å²) < 4.78 is 36.3. The first-order valence-corrected chi connectivity index (χ1v) is 4.62. The van der Waals surface area contributed by atoms with Crippen LogP contribution in [-0.4, -0.2) is 41.1 Å². The molecule has 0 aromatic heterocycles. The Balaban J connectivity index is 4.86. The quantitative estimate of drug-likeness (QED) is 0.759. The van der Waals surface area contributed by atoms with Gasteiger partial charge in [0.1, 0.15) is 12.0 Å². The molecule has 94 valence electrons. The lowest BCUT2D eigenvalue weighted by atomic mass is 9.92. The van der Waals surface area contributed by atoms with E-state index in [0.717, 1.165) is 13.8 Å². The third kappa shape index (κ3) is 3.71. The Bertz CT molecular complexity index is 286. The molecular formula is C9H14F3NO3. The molecule has 0 aliphatic rings. The summed E-state index contributed by atoms with van der Waals surface area (Å²) in [6.45, 7) is 1.91. The van der Waals surface area contributed by atoms with E-state index < -0.39 is 30.0 Å². The van der Waals surface area contributed by atoms with Gasteiger partial charge in [-0.2, -0.15) is 13.2 Å². The zero-order valence-corrected chi connectivity index (χ0v) is 9.26. The van der Waals surface area contributed by atoms with Gasteiger partial charge in [-0.1, -0.05) is 0 Å². The first-order chi connectivity index (χ1) is 7.02. The minimum atomic E-state index is -4.53. The van der Waals surface area contributed by atoms with Crippen molar-refractivity contribution in [1.29, 1.82) is 0 Å². The highest BCUT2D eigenvalue weighted by Gasteiger charge is 2.42. The third-order valence-corrected chi connectivity index (χ3v) is 2.11. The van der Waals surface area contributed by atoms with Gasteiger partial charge in [-0.15, -0.1) is 0 Å². The first-order valence-electron chi connectivity index (χ1n) is 4.62. The van der Waals surface area contributed by atoms with Crippen molar-refractivity contribution in [3.05, 3.63) is 0 Å². The number of aliphatic carboxylic acids is 1. The third-order valence-electron chi connectivity index (χ3n) is 2.11. The highest BCUT2D eigenvalue weighted by molar-refractivity contribution is 6.00. The van der Waals surface area contributed by atoms with Crippen molar-refractivity contribution in [1.82, 2.24) is 4.90 Å². The lowest BCUT2D eigenvalue weighted by molar-refractivity contribution is -0.172. The van der Waals surface area contributed by atoms with Crippen LogP contribution in [0.4, 0.5) is 13.2 Å². The van der Waals surface area contributed by atoms with E-state index in [0.29, 0.717) is 4.90 Å². The number of carboxylic acids is 1. The van der Waals surface area contributed by atoms with Gasteiger partial charge in [0.05, 0.1) is 0 Å². The second-order valence-electron chi connectivity index (χ2n) is 3.86. The maximum atomic E-state index is 12.1. The summed E-state index contributed by atoms with van der Waals surface area (Å²) >= 11 is 0. The van der Waals surface area contributed by atoms with Crippen molar-refractivity contribution in [2.45, 2.75) is 26.9 Å². The van der Waals surface area contributed by atoms with E-state index in [2.05, 4.69) is 0 Å². The van der Waals surface area contributed by atoms with Gasteiger partial charge in [0.25, 0.3) is 0 Å². The van der Waals surface area contributed by atoms with Crippen LogP contribution in [0, 0.1) is 5.41 Å². The van der Waals surface area contributed by atoms with Crippen LogP contribution in [0.1, 0.15) is 20.8 Å².